The van der Waals surface area contributed by atoms with E-state index in [-0.39, 0.29) is 6.04 Å². The average molecular weight is 105 g/mol. The molecule has 2 heteroatoms. The van der Waals surface area contributed by atoms with Crippen molar-refractivity contribution in [2.45, 2.75) is 26.1 Å². The van der Waals surface area contributed by atoms with Crippen LogP contribution in [0.5, 0.6) is 0 Å². The second kappa shape index (κ2) is 2.97. The number of alkyl halides is 1. The van der Waals surface area contributed by atoms with Gasteiger partial charge in [0, 0.05) is 6.04 Å². The van der Waals surface area contributed by atoms with E-state index in [2.05, 4.69) is 5.32 Å². The molecule has 0 aliphatic heterocycles. The zero-order chi connectivity index (χ0) is 5.86. The smallest absolute Gasteiger partial charge is 0.112 e. The van der Waals surface area contributed by atoms with Gasteiger partial charge < -0.3 is 5.32 Å². The van der Waals surface area contributed by atoms with Crippen LogP contribution in [0.3, 0.4) is 0 Å². The predicted molar refractivity (Wildman–Crippen MR) is 29.1 cm³/mol. The van der Waals surface area contributed by atoms with Crippen molar-refractivity contribution in [1.82, 2.24) is 5.32 Å². The van der Waals surface area contributed by atoms with E-state index in [1.165, 1.54) is 0 Å². The van der Waals surface area contributed by atoms with Gasteiger partial charge in [-0.05, 0) is 20.9 Å². The van der Waals surface area contributed by atoms with E-state index in [4.69, 9.17) is 0 Å². The van der Waals surface area contributed by atoms with Crippen LogP contribution in [0.25, 0.3) is 0 Å². The predicted octanol–water partition coefficient (Wildman–Crippen LogP) is 0.952. The first-order chi connectivity index (χ1) is 3.18. The van der Waals surface area contributed by atoms with Gasteiger partial charge in [-0.2, -0.15) is 0 Å². The maximum absolute atomic E-state index is 12.0. The molecule has 0 saturated heterocycles. The Bertz CT molecular complexity index is 45.3. The zero-order valence-electron chi connectivity index (χ0n) is 5.03. The highest BCUT2D eigenvalue weighted by Crippen LogP contribution is 1.93. The molecule has 0 rings (SSSR count). The molecule has 44 valence electrons. The quantitative estimate of drug-likeness (QED) is 0.551. The van der Waals surface area contributed by atoms with Crippen LogP contribution in [0, 0.1) is 0 Å². The Labute approximate surface area is 43.9 Å². The molecule has 7 heavy (non-hydrogen) atoms. The third-order valence-electron chi connectivity index (χ3n) is 1.14. The minimum absolute atomic E-state index is 0.0139. The highest BCUT2D eigenvalue weighted by atomic mass is 19.1. The van der Waals surface area contributed by atoms with Gasteiger partial charge in [0.25, 0.3) is 0 Å². The normalized spacial score (nSPS) is 18.9. The van der Waals surface area contributed by atoms with E-state index in [9.17, 15) is 4.39 Å². The van der Waals surface area contributed by atoms with Crippen LogP contribution in [0.1, 0.15) is 13.8 Å². The summed E-state index contributed by atoms with van der Waals surface area (Å²) in [5.41, 5.74) is 0. The molecule has 0 fully saturated rings. The molecule has 2 atom stereocenters. The Kier molecular flexibility index (Phi) is 2.92. The molecular weight excluding hydrogens is 93.1 g/mol. The third-order valence-corrected chi connectivity index (χ3v) is 1.14. The van der Waals surface area contributed by atoms with Crippen molar-refractivity contribution in [1.29, 1.82) is 0 Å². The Morgan fingerprint density at radius 1 is 1.43 bits per heavy atom. The molecule has 0 amide bonds. The number of hydrogen-bond donors (Lipinski definition) is 1. The van der Waals surface area contributed by atoms with E-state index < -0.39 is 6.17 Å². The summed E-state index contributed by atoms with van der Waals surface area (Å²) in [6.07, 6.45) is -0.745. The Morgan fingerprint density at radius 3 is 1.86 bits per heavy atom. The van der Waals surface area contributed by atoms with Crippen LogP contribution in [0.4, 0.5) is 4.39 Å². The highest BCUT2D eigenvalue weighted by molar-refractivity contribution is 4.62. The highest BCUT2D eigenvalue weighted by Gasteiger charge is 2.04. The summed E-state index contributed by atoms with van der Waals surface area (Å²) < 4.78 is 12.0. The summed E-state index contributed by atoms with van der Waals surface area (Å²) in [4.78, 5) is 0. The monoisotopic (exact) mass is 105 g/mol. The Hall–Kier alpha value is -0.110. The van der Waals surface area contributed by atoms with Crippen molar-refractivity contribution < 1.29 is 4.39 Å². The van der Waals surface area contributed by atoms with Gasteiger partial charge in [0.05, 0.1) is 0 Å². The van der Waals surface area contributed by atoms with Crippen LogP contribution >= 0.6 is 0 Å². The Morgan fingerprint density at radius 2 is 1.86 bits per heavy atom. The first kappa shape index (κ1) is 6.89. The van der Waals surface area contributed by atoms with Crippen molar-refractivity contribution in [2.24, 2.45) is 0 Å². The van der Waals surface area contributed by atoms with Crippen LogP contribution in [-0.2, 0) is 0 Å². The van der Waals surface area contributed by atoms with E-state index in [1.807, 2.05) is 6.92 Å². The minimum Gasteiger partial charge on any atom is -0.314 e. The SMILES string of the molecule is CNC(C)[C@@H](C)F. The van der Waals surface area contributed by atoms with Gasteiger partial charge in [0.1, 0.15) is 6.17 Å². The van der Waals surface area contributed by atoms with Crippen molar-refractivity contribution in [2.75, 3.05) is 7.05 Å². The lowest BCUT2D eigenvalue weighted by atomic mass is 10.2. The van der Waals surface area contributed by atoms with Crippen molar-refractivity contribution >= 4 is 0 Å². The molecule has 0 spiro atoms. The van der Waals surface area contributed by atoms with Crippen LogP contribution < -0.4 is 5.32 Å². The van der Waals surface area contributed by atoms with Gasteiger partial charge >= 0.3 is 0 Å². The fraction of sp³-hybridized carbons (Fsp3) is 1.00. The fourth-order valence-corrected chi connectivity index (χ4v) is 0.230. The lowest BCUT2D eigenvalue weighted by Crippen LogP contribution is -2.29. The number of nitrogens with one attached hydrogen (secondary N) is 1. The van der Waals surface area contributed by atoms with E-state index in [0.29, 0.717) is 0 Å². The summed E-state index contributed by atoms with van der Waals surface area (Å²) >= 11 is 0. The number of hydrogen-bond acceptors (Lipinski definition) is 1. The van der Waals surface area contributed by atoms with Crippen molar-refractivity contribution in [3.8, 4) is 0 Å². The maximum Gasteiger partial charge on any atom is 0.112 e. The lowest BCUT2D eigenvalue weighted by molar-refractivity contribution is 0.292. The topological polar surface area (TPSA) is 12.0 Å². The minimum atomic E-state index is -0.745. The van der Waals surface area contributed by atoms with Gasteiger partial charge in [-0.3, -0.25) is 0 Å². The zero-order valence-corrected chi connectivity index (χ0v) is 5.03. The first-order valence-electron chi connectivity index (χ1n) is 2.49. The van der Waals surface area contributed by atoms with Crippen LogP contribution in [0.2, 0.25) is 0 Å². The molecule has 1 unspecified atom stereocenters. The van der Waals surface area contributed by atoms with E-state index >= 15 is 0 Å². The van der Waals surface area contributed by atoms with Gasteiger partial charge in [-0.15, -0.1) is 0 Å². The summed E-state index contributed by atoms with van der Waals surface area (Å²) in [7, 11) is 1.75. The van der Waals surface area contributed by atoms with Crippen molar-refractivity contribution in [3.63, 3.8) is 0 Å². The summed E-state index contributed by atoms with van der Waals surface area (Å²) in [6, 6.07) is -0.0139. The molecule has 0 radical (unpaired) electrons. The maximum atomic E-state index is 12.0. The summed E-state index contributed by atoms with van der Waals surface area (Å²) in [6.45, 7) is 3.35. The molecule has 0 aromatic carbocycles. The van der Waals surface area contributed by atoms with Gasteiger partial charge in [-0.25, -0.2) is 4.39 Å². The van der Waals surface area contributed by atoms with Gasteiger partial charge in [0.15, 0.2) is 0 Å². The Balaban J connectivity index is 3.14. The molecule has 0 heterocycles. The summed E-state index contributed by atoms with van der Waals surface area (Å²) in [5, 5.41) is 2.79. The fourth-order valence-electron chi connectivity index (χ4n) is 0.230. The van der Waals surface area contributed by atoms with Crippen LogP contribution in [0.15, 0.2) is 0 Å². The molecule has 0 aliphatic carbocycles. The molecule has 0 saturated carbocycles. The molecule has 0 aromatic heterocycles. The average Bonchev–Trinajstić information content (AvgIpc) is 1.65. The van der Waals surface area contributed by atoms with Gasteiger partial charge in [-0.1, -0.05) is 0 Å². The third kappa shape index (κ3) is 2.57. The molecule has 0 aliphatic rings. The molecule has 0 bridgehead atoms. The molecule has 0 aromatic rings. The van der Waals surface area contributed by atoms with Crippen molar-refractivity contribution in [3.05, 3.63) is 0 Å². The lowest BCUT2D eigenvalue weighted by Gasteiger charge is -2.09. The standard InChI is InChI=1S/C5H12FN/c1-4(6)5(2)7-3/h4-5,7H,1-3H3/t4-,5?/m1/s1. The number of rotatable bonds is 2. The largest absolute Gasteiger partial charge is 0.314 e. The molecule has 1 N–H and O–H groups in total. The van der Waals surface area contributed by atoms with E-state index in [0.717, 1.165) is 0 Å². The number of halogens is 1. The second-order valence-electron chi connectivity index (χ2n) is 1.75. The molecule has 1 nitrogen and oxygen atoms in total. The summed E-state index contributed by atoms with van der Waals surface area (Å²) in [5.74, 6) is 0. The molecular formula is C5H12FN. The first-order valence-corrected chi connectivity index (χ1v) is 2.49. The second-order valence-corrected chi connectivity index (χ2v) is 1.75. The van der Waals surface area contributed by atoms with E-state index in [1.54, 1.807) is 14.0 Å². The van der Waals surface area contributed by atoms with Crippen LogP contribution in [-0.4, -0.2) is 19.3 Å². The van der Waals surface area contributed by atoms with Gasteiger partial charge in [0.2, 0.25) is 0 Å².